The number of rotatable bonds is 4. The Balaban J connectivity index is 1.83. The monoisotopic (exact) mass is 404 g/mol. The topological polar surface area (TPSA) is 40.5 Å². The normalized spacial score (nSPS) is 45.7. The van der Waals surface area contributed by atoms with Crippen molar-refractivity contribution in [1.82, 2.24) is 0 Å². The minimum Gasteiger partial charge on any atom is -0.396 e. The second kappa shape index (κ2) is 7.75. The van der Waals surface area contributed by atoms with E-state index in [9.17, 15) is 10.2 Å². The van der Waals surface area contributed by atoms with Crippen molar-refractivity contribution in [2.24, 2.45) is 34.5 Å². The molecule has 7 atom stereocenters. The van der Waals surface area contributed by atoms with Gasteiger partial charge in [-0.15, -0.1) is 11.5 Å². The lowest BCUT2D eigenvalue weighted by Crippen LogP contribution is -2.55. The van der Waals surface area contributed by atoms with Crippen LogP contribution in [0, 0.1) is 46.0 Å². The molecule has 0 heterocycles. The molecule has 0 aromatic rings. The van der Waals surface area contributed by atoms with Crippen LogP contribution < -0.4 is 0 Å². The average molecular weight is 405 g/mol. The van der Waals surface area contributed by atoms with E-state index in [1.807, 2.05) is 0 Å². The van der Waals surface area contributed by atoms with Crippen LogP contribution in [0.1, 0.15) is 78.6 Å². The molecular weight excluding hydrogens is 360 g/mol. The Labute approximate surface area is 174 Å². The van der Waals surface area contributed by atoms with Crippen LogP contribution in [0.4, 0.5) is 0 Å². The molecule has 3 aliphatic rings. The predicted octanol–water partition coefficient (Wildman–Crippen LogP) is 5.64. The molecule has 3 rings (SSSR count). The summed E-state index contributed by atoms with van der Waals surface area (Å²) in [4.78, 5) is 0. The van der Waals surface area contributed by atoms with Crippen molar-refractivity contribution in [3.8, 4) is 11.5 Å². The first-order valence-electron chi connectivity index (χ1n) is 11.8. The number of fused-ring (bicyclic) bond motifs is 3. The fourth-order valence-electron chi connectivity index (χ4n) is 7.46. The Bertz CT molecular complexity index is 625. The molecule has 3 aliphatic carbocycles. The summed E-state index contributed by atoms with van der Waals surface area (Å²) in [6.07, 6.45) is 10.2. The van der Waals surface area contributed by atoms with Crippen molar-refractivity contribution in [2.45, 2.75) is 104 Å². The SMILES string of the molecule is C[C@]1(CCC#C[Si](C)(C)C)C(CCO)CCC2C1CC[C@@]1(C)C2CC[C@]1(C)O. The summed E-state index contributed by atoms with van der Waals surface area (Å²) in [5.74, 6) is 6.31. The van der Waals surface area contributed by atoms with Crippen LogP contribution in [0.25, 0.3) is 0 Å². The molecule has 0 aliphatic heterocycles. The Hall–Kier alpha value is -0.303. The zero-order valence-electron chi connectivity index (χ0n) is 19.3. The zero-order chi connectivity index (χ0) is 20.8. The molecule has 3 fully saturated rings. The fraction of sp³-hybridized carbons (Fsp3) is 0.920. The van der Waals surface area contributed by atoms with E-state index in [-0.39, 0.29) is 10.8 Å². The first-order chi connectivity index (χ1) is 12.9. The van der Waals surface area contributed by atoms with Gasteiger partial charge in [0.1, 0.15) is 8.07 Å². The van der Waals surface area contributed by atoms with Crippen LogP contribution in [-0.2, 0) is 0 Å². The Morgan fingerprint density at radius 1 is 0.964 bits per heavy atom. The number of hydrogen-bond acceptors (Lipinski definition) is 2. The molecule has 3 heteroatoms. The van der Waals surface area contributed by atoms with E-state index < -0.39 is 13.7 Å². The summed E-state index contributed by atoms with van der Waals surface area (Å²) in [5.41, 5.74) is 3.44. The second-order valence-corrected chi connectivity index (χ2v) is 16.7. The van der Waals surface area contributed by atoms with Gasteiger partial charge < -0.3 is 10.2 Å². The van der Waals surface area contributed by atoms with Gasteiger partial charge in [0.15, 0.2) is 0 Å². The lowest BCUT2D eigenvalue weighted by Gasteiger charge is -2.60. The third-order valence-corrected chi connectivity index (χ3v) is 10.3. The summed E-state index contributed by atoms with van der Waals surface area (Å²) in [7, 11) is -1.31. The molecule has 0 radical (unpaired) electrons. The standard InChI is InChI=1S/C25H44O2Si/c1-23(14-7-8-18-28(4,5)6)19(13-17-26)9-10-20-21(23)11-15-24(2)22(20)12-16-25(24,3)27/h19-22,26-27H,7,9-17H2,1-6H3/t19?,20?,21?,22?,23-,24-,25-/m0/s1. The van der Waals surface area contributed by atoms with Crippen molar-refractivity contribution in [3.05, 3.63) is 0 Å². The van der Waals surface area contributed by atoms with Gasteiger partial charge in [-0.25, -0.2) is 0 Å². The number of aliphatic hydroxyl groups excluding tert-OH is 1. The summed E-state index contributed by atoms with van der Waals surface area (Å²) in [6.45, 7) is 14.3. The van der Waals surface area contributed by atoms with Crippen LogP contribution in [0.15, 0.2) is 0 Å². The Morgan fingerprint density at radius 2 is 1.64 bits per heavy atom. The maximum atomic E-state index is 11.1. The van der Waals surface area contributed by atoms with E-state index in [1.54, 1.807) is 0 Å². The van der Waals surface area contributed by atoms with E-state index in [0.717, 1.165) is 37.5 Å². The van der Waals surface area contributed by atoms with Crippen LogP contribution in [0.5, 0.6) is 0 Å². The molecule has 28 heavy (non-hydrogen) atoms. The molecule has 0 bridgehead atoms. The van der Waals surface area contributed by atoms with Gasteiger partial charge in [0.05, 0.1) is 5.60 Å². The van der Waals surface area contributed by atoms with Crippen LogP contribution in [-0.4, -0.2) is 30.5 Å². The first-order valence-corrected chi connectivity index (χ1v) is 15.3. The molecule has 160 valence electrons. The van der Waals surface area contributed by atoms with Crippen molar-refractivity contribution in [2.75, 3.05) is 6.61 Å². The third kappa shape index (κ3) is 3.86. The minimum absolute atomic E-state index is 0.0938. The van der Waals surface area contributed by atoms with Gasteiger partial charge in [-0.3, -0.25) is 0 Å². The van der Waals surface area contributed by atoms with Gasteiger partial charge in [-0.2, -0.15) is 0 Å². The molecular formula is C25H44O2Si. The summed E-state index contributed by atoms with van der Waals surface area (Å²) >= 11 is 0. The quantitative estimate of drug-likeness (QED) is 0.470. The number of hydrogen-bond donors (Lipinski definition) is 2. The fourth-order valence-corrected chi connectivity index (χ4v) is 8.11. The van der Waals surface area contributed by atoms with Gasteiger partial charge in [-0.05, 0) is 92.8 Å². The molecule has 0 aromatic heterocycles. The lowest BCUT2D eigenvalue weighted by molar-refractivity contribution is -0.141. The van der Waals surface area contributed by atoms with Gasteiger partial charge in [0, 0.05) is 13.0 Å². The van der Waals surface area contributed by atoms with Gasteiger partial charge in [0.25, 0.3) is 0 Å². The summed E-state index contributed by atoms with van der Waals surface area (Å²) in [6, 6.07) is 0. The maximum absolute atomic E-state index is 11.1. The molecule has 3 saturated carbocycles. The van der Waals surface area contributed by atoms with Crippen LogP contribution >= 0.6 is 0 Å². The average Bonchev–Trinajstić information content (AvgIpc) is 2.84. The van der Waals surface area contributed by atoms with Crippen molar-refractivity contribution < 1.29 is 10.2 Å². The van der Waals surface area contributed by atoms with E-state index in [2.05, 4.69) is 51.9 Å². The molecule has 2 nitrogen and oxygen atoms in total. The highest BCUT2D eigenvalue weighted by Crippen LogP contribution is 2.67. The highest BCUT2D eigenvalue weighted by Gasteiger charge is 2.62. The maximum Gasteiger partial charge on any atom is 0.129 e. The largest absolute Gasteiger partial charge is 0.396 e. The molecule has 2 N–H and O–H groups in total. The summed E-state index contributed by atoms with van der Waals surface area (Å²) in [5, 5.41) is 20.8. The highest BCUT2D eigenvalue weighted by molar-refractivity contribution is 6.83. The van der Waals surface area contributed by atoms with E-state index in [0.29, 0.717) is 18.4 Å². The molecule has 0 aromatic carbocycles. The summed E-state index contributed by atoms with van der Waals surface area (Å²) < 4.78 is 0. The van der Waals surface area contributed by atoms with Crippen LogP contribution in [0.2, 0.25) is 19.6 Å². The zero-order valence-corrected chi connectivity index (χ0v) is 20.3. The number of aliphatic hydroxyl groups is 2. The lowest BCUT2D eigenvalue weighted by atomic mass is 9.45. The van der Waals surface area contributed by atoms with E-state index in [1.165, 1.54) is 32.1 Å². The highest BCUT2D eigenvalue weighted by atomic mass is 28.3. The predicted molar refractivity (Wildman–Crippen MR) is 121 cm³/mol. The first kappa shape index (κ1) is 22.4. The van der Waals surface area contributed by atoms with Crippen molar-refractivity contribution in [1.29, 1.82) is 0 Å². The van der Waals surface area contributed by atoms with Crippen molar-refractivity contribution >= 4 is 8.07 Å². The second-order valence-electron chi connectivity index (χ2n) is 12.0. The minimum atomic E-state index is -1.31. The smallest absolute Gasteiger partial charge is 0.129 e. The molecule has 4 unspecified atom stereocenters. The Morgan fingerprint density at radius 3 is 2.29 bits per heavy atom. The van der Waals surface area contributed by atoms with Gasteiger partial charge in [0.2, 0.25) is 0 Å². The van der Waals surface area contributed by atoms with Crippen LogP contribution in [0.3, 0.4) is 0 Å². The van der Waals surface area contributed by atoms with Crippen molar-refractivity contribution in [3.63, 3.8) is 0 Å². The van der Waals surface area contributed by atoms with Gasteiger partial charge in [-0.1, -0.05) is 33.5 Å². The Kier molecular flexibility index (Phi) is 6.19. The van der Waals surface area contributed by atoms with E-state index in [4.69, 9.17) is 0 Å². The van der Waals surface area contributed by atoms with Gasteiger partial charge >= 0.3 is 0 Å². The molecule has 0 saturated heterocycles. The molecule has 0 spiro atoms. The van der Waals surface area contributed by atoms with E-state index >= 15 is 0 Å². The molecule has 0 amide bonds. The third-order valence-electron chi connectivity index (χ3n) is 9.36.